The lowest BCUT2D eigenvalue weighted by Crippen LogP contribution is -2.26. The van der Waals surface area contributed by atoms with E-state index in [1.165, 1.54) is 0 Å². The van der Waals surface area contributed by atoms with Gasteiger partial charge in [0.25, 0.3) is 0 Å². The van der Waals surface area contributed by atoms with E-state index in [2.05, 4.69) is 48.2 Å². The Hall–Kier alpha value is -0.220. The molecule has 0 rings (SSSR count). The first kappa shape index (κ1) is 11.8. The van der Waals surface area contributed by atoms with Crippen LogP contribution in [0.3, 0.4) is 0 Å². The van der Waals surface area contributed by atoms with Crippen molar-refractivity contribution in [2.45, 2.75) is 37.9 Å². The quantitative estimate of drug-likeness (QED) is 0.391. The summed E-state index contributed by atoms with van der Waals surface area (Å²) in [4.78, 5) is 0. The topological polar surface area (TPSA) is 0 Å². The van der Waals surface area contributed by atoms with E-state index >= 15 is 0 Å². The summed E-state index contributed by atoms with van der Waals surface area (Å²) in [6.07, 6.45) is 3.82. The van der Waals surface area contributed by atoms with Crippen molar-refractivity contribution in [3.8, 4) is 11.8 Å². The number of rotatable bonds is 4. The zero-order valence-electron chi connectivity index (χ0n) is 8.15. The average Bonchev–Trinajstić information content (AvgIpc) is 2.01. The SMILES string of the molecule is C=CCC(Br)(CC#CC)C(C)C. The van der Waals surface area contributed by atoms with Gasteiger partial charge in [0.1, 0.15) is 0 Å². The van der Waals surface area contributed by atoms with Gasteiger partial charge < -0.3 is 0 Å². The summed E-state index contributed by atoms with van der Waals surface area (Å²) < 4.78 is 0.123. The minimum atomic E-state index is 0.123. The molecule has 0 aromatic carbocycles. The van der Waals surface area contributed by atoms with Gasteiger partial charge in [0, 0.05) is 10.7 Å². The molecule has 0 aliphatic heterocycles. The second-order valence-corrected chi connectivity index (χ2v) is 4.86. The van der Waals surface area contributed by atoms with Crippen LogP contribution in [0.15, 0.2) is 12.7 Å². The maximum atomic E-state index is 3.76. The van der Waals surface area contributed by atoms with Gasteiger partial charge in [-0.15, -0.1) is 18.4 Å². The average molecular weight is 229 g/mol. The molecule has 1 atom stereocenters. The van der Waals surface area contributed by atoms with Gasteiger partial charge in [0.05, 0.1) is 0 Å². The van der Waals surface area contributed by atoms with E-state index in [9.17, 15) is 0 Å². The molecule has 1 heteroatoms. The van der Waals surface area contributed by atoms with Gasteiger partial charge in [-0.2, -0.15) is 0 Å². The molecule has 12 heavy (non-hydrogen) atoms. The van der Waals surface area contributed by atoms with E-state index in [0.717, 1.165) is 12.8 Å². The third kappa shape index (κ3) is 3.45. The van der Waals surface area contributed by atoms with Gasteiger partial charge in [-0.05, 0) is 19.3 Å². The zero-order chi connectivity index (χ0) is 9.61. The highest BCUT2D eigenvalue weighted by Crippen LogP contribution is 2.34. The minimum Gasteiger partial charge on any atom is -0.107 e. The summed E-state index contributed by atoms with van der Waals surface area (Å²) in [7, 11) is 0. The first-order valence-corrected chi connectivity index (χ1v) is 5.05. The van der Waals surface area contributed by atoms with Crippen molar-refractivity contribution >= 4 is 15.9 Å². The van der Waals surface area contributed by atoms with Crippen molar-refractivity contribution in [3.05, 3.63) is 12.7 Å². The molecule has 0 aliphatic carbocycles. The number of alkyl halides is 1. The highest BCUT2D eigenvalue weighted by molar-refractivity contribution is 9.10. The Balaban J connectivity index is 4.34. The highest BCUT2D eigenvalue weighted by atomic mass is 79.9. The number of halogens is 1. The second kappa shape index (κ2) is 5.43. The van der Waals surface area contributed by atoms with Crippen molar-refractivity contribution in [1.82, 2.24) is 0 Å². The van der Waals surface area contributed by atoms with Crippen molar-refractivity contribution in [2.75, 3.05) is 0 Å². The van der Waals surface area contributed by atoms with Crippen LogP contribution in [0.4, 0.5) is 0 Å². The van der Waals surface area contributed by atoms with Crippen LogP contribution in [0.25, 0.3) is 0 Å². The van der Waals surface area contributed by atoms with Crippen LogP contribution in [0.5, 0.6) is 0 Å². The maximum Gasteiger partial charge on any atom is 0.0424 e. The van der Waals surface area contributed by atoms with E-state index in [1.54, 1.807) is 0 Å². The minimum absolute atomic E-state index is 0.123. The lowest BCUT2D eigenvalue weighted by atomic mass is 9.89. The monoisotopic (exact) mass is 228 g/mol. The van der Waals surface area contributed by atoms with Gasteiger partial charge in [0.15, 0.2) is 0 Å². The molecule has 0 aromatic rings. The molecule has 0 saturated heterocycles. The molecule has 0 nitrogen and oxygen atoms in total. The largest absolute Gasteiger partial charge is 0.107 e. The third-order valence-corrected chi connectivity index (χ3v) is 3.60. The number of hydrogen-bond donors (Lipinski definition) is 0. The second-order valence-electron chi connectivity index (χ2n) is 3.29. The van der Waals surface area contributed by atoms with Crippen molar-refractivity contribution in [1.29, 1.82) is 0 Å². The Morgan fingerprint density at radius 2 is 2.17 bits per heavy atom. The molecule has 0 spiro atoms. The van der Waals surface area contributed by atoms with Crippen molar-refractivity contribution in [2.24, 2.45) is 5.92 Å². The summed E-state index contributed by atoms with van der Waals surface area (Å²) in [6, 6.07) is 0. The molecule has 0 heterocycles. The Labute approximate surface area is 84.6 Å². The Morgan fingerprint density at radius 3 is 2.50 bits per heavy atom. The molecule has 0 fully saturated rings. The highest BCUT2D eigenvalue weighted by Gasteiger charge is 2.27. The Bertz CT molecular complexity index is 195. The lowest BCUT2D eigenvalue weighted by Gasteiger charge is -2.28. The van der Waals surface area contributed by atoms with Gasteiger partial charge in [-0.3, -0.25) is 0 Å². The van der Waals surface area contributed by atoms with Crippen molar-refractivity contribution < 1.29 is 0 Å². The van der Waals surface area contributed by atoms with E-state index in [1.807, 2.05) is 13.0 Å². The molecule has 0 radical (unpaired) electrons. The molecule has 0 bridgehead atoms. The molecule has 0 aromatic heterocycles. The Morgan fingerprint density at radius 1 is 1.58 bits per heavy atom. The standard InChI is InChI=1S/C11H17Br/c1-5-7-9-11(12,8-6-2)10(3)4/h6,10H,2,8-9H2,1,3-4H3. The zero-order valence-corrected chi connectivity index (χ0v) is 9.74. The molecule has 68 valence electrons. The fourth-order valence-corrected chi connectivity index (χ4v) is 1.36. The van der Waals surface area contributed by atoms with E-state index in [-0.39, 0.29) is 4.32 Å². The van der Waals surface area contributed by atoms with Crippen LogP contribution in [0.1, 0.15) is 33.6 Å². The molecule has 1 unspecified atom stereocenters. The lowest BCUT2D eigenvalue weighted by molar-refractivity contribution is 0.456. The predicted octanol–water partition coefficient (Wildman–Crippen LogP) is 3.77. The van der Waals surface area contributed by atoms with Crippen LogP contribution >= 0.6 is 15.9 Å². The normalized spacial score (nSPS) is 14.8. The first-order chi connectivity index (χ1) is 5.56. The third-order valence-electron chi connectivity index (χ3n) is 2.08. The summed E-state index contributed by atoms with van der Waals surface area (Å²) in [5.74, 6) is 6.61. The van der Waals surface area contributed by atoms with Crippen molar-refractivity contribution in [3.63, 3.8) is 0 Å². The summed E-state index contributed by atoms with van der Waals surface area (Å²) in [5.41, 5.74) is 0. The number of allylic oxidation sites excluding steroid dienone is 1. The molecular formula is C11H17Br. The fraction of sp³-hybridized carbons (Fsp3) is 0.636. The predicted molar refractivity (Wildman–Crippen MR) is 59.4 cm³/mol. The van der Waals surface area contributed by atoms with E-state index in [4.69, 9.17) is 0 Å². The van der Waals surface area contributed by atoms with E-state index < -0.39 is 0 Å². The summed E-state index contributed by atoms with van der Waals surface area (Å²) in [5, 5.41) is 0. The van der Waals surface area contributed by atoms with Crippen LogP contribution in [0.2, 0.25) is 0 Å². The number of hydrogen-bond acceptors (Lipinski definition) is 0. The molecule has 0 aliphatic rings. The smallest absolute Gasteiger partial charge is 0.0424 e. The van der Waals surface area contributed by atoms with Gasteiger partial charge in [-0.25, -0.2) is 0 Å². The molecular weight excluding hydrogens is 212 g/mol. The van der Waals surface area contributed by atoms with Gasteiger partial charge >= 0.3 is 0 Å². The van der Waals surface area contributed by atoms with Crippen LogP contribution in [0, 0.1) is 17.8 Å². The fourth-order valence-electron chi connectivity index (χ4n) is 0.987. The summed E-state index contributed by atoms with van der Waals surface area (Å²) >= 11 is 3.74. The first-order valence-electron chi connectivity index (χ1n) is 4.26. The molecule has 0 N–H and O–H groups in total. The Kier molecular flexibility index (Phi) is 5.33. The van der Waals surface area contributed by atoms with Crippen LogP contribution in [-0.4, -0.2) is 4.32 Å². The van der Waals surface area contributed by atoms with Gasteiger partial charge in [0.2, 0.25) is 0 Å². The van der Waals surface area contributed by atoms with Crippen LogP contribution < -0.4 is 0 Å². The summed E-state index contributed by atoms with van der Waals surface area (Å²) in [6.45, 7) is 10.0. The van der Waals surface area contributed by atoms with Crippen LogP contribution in [-0.2, 0) is 0 Å². The maximum absolute atomic E-state index is 3.76. The molecule has 0 amide bonds. The molecule has 0 saturated carbocycles. The van der Waals surface area contributed by atoms with Gasteiger partial charge in [-0.1, -0.05) is 35.9 Å². The van der Waals surface area contributed by atoms with E-state index in [0.29, 0.717) is 5.92 Å².